The molecule has 6 heteroatoms. The lowest BCUT2D eigenvalue weighted by molar-refractivity contribution is 0.106. The van der Waals surface area contributed by atoms with E-state index in [0.717, 1.165) is 0 Å². The van der Waals surface area contributed by atoms with Crippen LogP contribution < -0.4 is 0 Å². The van der Waals surface area contributed by atoms with Crippen LogP contribution in [-0.2, 0) is 0 Å². The number of ketones is 1. The summed E-state index contributed by atoms with van der Waals surface area (Å²) in [6, 6.07) is 6.05. The van der Waals surface area contributed by atoms with E-state index < -0.39 is 5.78 Å². The first kappa shape index (κ1) is 12.2. The van der Waals surface area contributed by atoms with Crippen LogP contribution >= 0.6 is 11.6 Å². The summed E-state index contributed by atoms with van der Waals surface area (Å²) >= 11 is 5.66. The molecule has 5 nitrogen and oxygen atoms in total. The van der Waals surface area contributed by atoms with Crippen LogP contribution in [0.3, 0.4) is 0 Å². The smallest absolute Gasteiger partial charge is 0.216 e. The molecule has 0 unspecified atom stereocenters. The molecule has 0 radical (unpaired) electrons. The zero-order valence-electron chi connectivity index (χ0n) is 8.38. The first-order valence-corrected chi connectivity index (χ1v) is 4.69. The predicted octanol–water partition coefficient (Wildman–Crippen LogP) is 2.20. The quantitative estimate of drug-likeness (QED) is 0.368. The van der Waals surface area contributed by atoms with Crippen molar-refractivity contribution in [1.29, 1.82) is 0 Å². The standard InChI is InChI=1S/C10H9ClN2O3/c1-6(12-15)9(13-16)10(14)7-2-4-8(11)5-3-7/h2-5,15-16H,1H3/b12-6+,13-9-. The molecule has 0 fully saturated rings. The fraction of sp³-hybridized carbons (Fsp3) is 0.100. The zero-order valence-corrected chi connectivity index (χ0v) is 9.14. The van der Waals surface area contributed by atoms with Crippen LogP contribution in [0.5, 0.6) is 0 Å². The SMILES string of the molecule is CC(=N\O)/C(=N/O)C(=O)c1ccc(Cl)cc1. The number of halogens is 1. The number of carbonyl (C=O) groups is 1. The Morgan fingerprint density at radius 1 is 1.19 bits per heavy atom. The highest BCUT2D eigenvalue weighted by molar-refractivity contribution is 6.69. The van der Waals surface area contributed by atoms with E-state index in [-0.39, 0.29) is 11.4 Å². The lowest BCUT2D eigenvalue weighted by atomic mass is 10.0. The number of nitrogens with zero attached hydrogens (tertiary/aromatic N) is 2. The lowest BCUT2D eigenvalue weighted by Gasteiger charge is -2.01. The van der Waals surface area contributed by atoms with Crippen LogP contribution in [0.2, 0.25) is 5.02 Å². The van der Waals surface area contributed by atoms with Crippen molar-refractivity contribution >= 4 is 28.8 Å². The van der Waals surface area contributed by atoms with Gasteiger partial charge in [0.15, 0.2) is 5.71 Å². The molecule has 1 aromatic rings. The van der Waals surface area contributed by atoms with E-state index in [1.165, 1.54) is 31.2 Å². The molecular weight excluding hydrogens is 232 g/mol. The second-order valence-corrected chi connectivity index (χ2v) is 3.41. The Kier molecular flexibility index (Phi) is 4.02. The van der Waals surface area contributed by atoms with E-state index in [4.69, 9.17) is 22.0 Å². The van der Waals surface area contributed by atoms with Gasteiger partial charge in [0, 0.05) is 10.6 Å². The summed E-state index contributed by atoms with van der Waals surface area (Å²) in [4.78, 5) is 11.8. The van der Waals surface area contributed by atoms with Crippen LogP contribution in [0.1, 0.15) is 17.3 Å². The number of carbonyl (C=O) groups excluding carboxylic acids is 1. The summed E-state index contributed by atoms with van der Waals surface area (Å²) in [7, 11) is 0. The Morgan fingerprint density at radius 3 is 2.19 bits per heavy atom. The molecule has 0 spiro atoms. The van der Waals surface area contributed by atoms with E-state index in [1.54, 1.807) is 0 Å². The number of hydrogen-bond donors (Lipinski definition) is 2. The summed E-state index contributed by atoms with van der Waals surface area (Å²) in [6.07, 6.45) is 0. The van der Waals surface area contributed by atoms with Crippen molar-refractivity contribution in [3.63, 3.8) is 0 Å². The molecule has 0 bridgehead atoms. The van der Waals surface area contributed by atoms with Gasteiger partial charge in [-0.1, -0.05) is 21.9 Å². The number of oxime groups is 2. The average molecular weight is 241 g/mol. The molecule has 84 valence electrons. The van der Waals surface area contributed by atoms with E-state index in [1.807, 2.05) is 0 Å². The van der Waals surface area contributed by atoms with Crippen LogP contribution in [-0.4, -0.2) is 27.6 Å². The van der Waals surface area contributed by atoms with Gasteiger partial charge in [-0.05, 0) is 31.2 Å². The second-order valence-electron chi connectivity index (χ2n) is 2.97. The summed E-state index contributed by atoms with van der Waals surface area (Å²) < 4.78 is 0. The maximum Gasteiger partial charge on any atom is 0.216 e. The van der Waals surface area contributed by atoms with Gasteiger partial charge in [0.05, 0.1) is 0 Å². The Morgan fingerprint density at radius 2 is 1.75 bits per heavy atom. The Hall–Kier alpha value is -1.88. The van der Waals surface area contributed by atoms with Gasteiger partial charge >= 0.3 is 0 Å². The van der Waals surface area contributed by atoms with Crippen molar-refractivity contribution in [2.75, 3.05) is 0 Å². The summed E-state index contributed by atoms with van der Waals surface area (Å²) in [6.45, 7) is 1.35. The Labute approximate surface area is 96.6 Å². The van der Waals surface area contributed by atoms with Gasteiger partial charge in [0.25, 0.3) is 0 Å². The molecule has 0 heterocycles. The van der Waals surface area contributed by atoms with Gasteiger partial charge in [-0.25, -0.2) is 0 Å². The van der Waals surface area contributed by atoms with Crippen LogP contribution in [0, 0.1) is 0 Å². The fourth-order valence-electron chi connectivity index (χ4n) is 1.07. The third-order valence-electron chi connectivity index (χ3n) is 1.91. The molecular formula is C10H9ClN2O3. The van der Waals surface area contributed by atoms with E-state index in [9.17, 15) is 4.79 Å². The van der Waals surface area contributed by atoms with Crippen molar-refractivity contribution in [1.82, 2.24) is 0 Å². The number of benzene rings is 1. The minimum atomic E-state index is -0.547. The van der Waals surface area contributed by atoms with Crippen molar-refractivity contribution in [2.45, 2.75) is 6.92 Å². The third kappa shape index (κ3) is 2.58. The number of Topliss-reactive ketones (excluding diaryl/α,β-unsaturated/α-hetero) is 1. The largest absolute Gasteiger partial charge is 0.411 e. The minimum Gasteiger partial charge on any atom is -0.411 e. The molecule has 1 rings (SSSR count). The highest BCUT2D eigenvalue weighted by Gasteiger charge is 2.18. The maximum absolute atomic E-state index is 11.8. The molecule has 2 N–H and O–H groups in total. The fourth-order valence-corrected chi connectivity index (χ4v) is 1.19. The Balaban J connectivity index is 3.06. The molecule has 0 aromatic heterocycles. The van der Waals surface area contributed by atoms with Gasteiger partial charge in [0.1, 0.15) is 5.71 Å². The normalized spacial score (nSPS) is 12.6. The average Bonchev–Trinajstić information content (AvgIpc) is 2.30. The molecule has 0 aliphatic rings. The molecule has 0 aliphatic heterocycles. The lowest BCUT2D eigenvalue weighted by Crippen LogP contribution is -2.22. The van der Waals surface area contributed by atoms with E-state index >= 15 is 0 Å². The topological polar surface area (TPSA) is 82.2 Å². The summed E-state index contributed by atoms with van der Waals surface area (Å²) in [5.41, 5.74) is -0.0903. The molecule has 0 amide bonds. The van der Waals surface area contributed by atoms with Gasteiger partial charge in [-0.15, -0.1) is 0 Å². The van der Waals surface area contributed by atoms with Crippen molar-refractivity contribution in [3.05, 3.63) is 34.9 Å². The van der Waals surface area contributed by atoms with Crippen molar-refractivity contribution in [3.8, 4) is 0 Å². The van der Waals surface area contributed by atoms with E-state index in [2.05, 4.69) is 10.3 Å². The molecule has 1 aromatic carbocycles. The van der Waals surface area contributed by atoms with Crippen LogP contribution in [0.4, 0.5) is 0 Å². The second kappa shape index (κ2) is 5.27. The molecule has 0 atom stereocenters. The molecule has 0 saturated carbocycles. The number of hydrogen-bond acceptors (Lipinski definition) is 5. The van der Waals surface area contributed by atoms with Crippen LogP contribution in [0.15, 0.2) is 34.6 Å². The summed E-state index contributed by atoms with van der Waals surface area (Å²) in [5, 5.41) is 23.3. The molecule has 0 aliphatic carbocycles. The summed E-state index contributed by atoms with van der Waals surface area (Å²) in [5.74, 6) is -0.547. The van der Waals surface area contributed by atoms with Gasteiger partial charge in [-0.2, -0.15) is 0 Å². The maximum atomic E-state index is 11.8. The Bertz CT molecular complexity index is 452. The van der Waals surface area contributed by atoms with Crippen molar-refractivity contribution in [2.24, 2.45) is 10.3 Å². The number of rotatable bonds is 3. The van der Waals surface area contributed by atoms with Crippen LogP contribution in [0.25, 0.3) is 0 Å². The van der Waals surface area contributed by atoms with Gasteiger partial charge in [0.2, 0.25) is 5.78 Å². The van der Waals surface area contributed by atoms with E-state index in [0.29, 0.717) is 10.6 Å². The molecule has 16 heavy (non-hydrogen) atoms. The minimum absolute atomic E-state index is 0.0672. The highest BCUT2D eigenvalue weighted by Crippen LogP contribution is 2.10. The predicted molar refractivity (Wildman–Crippen MR) is 59.9 cm³/mol. The first-order valence-electron chi connectivity index (χ1n) is 4.31. The molecule has 0 saturated heterocycles. The zero-order chi connectivity index (χ0) is 12.1. The third-order valence-corrected chi connectivity index (χ3v) is 2.17. The van der Waals surface area contributed by atoms with Gasteiger partial charge < -0.3 is 10.4 Å². The first-order chi connectivity index (χ1) is 7.60. The van der Waals surface area contributed by atoms with Crippen molar-refractivity contribution < 1.29 is 15.2 Å². The highest BCUT2D eigenvalue weighted by atomic mass is 35.5. The van der Waals surface area contributed by atoms with Gasteiger partial charge in [-0.3, -0.25) is 4.79 Å². The monoisotopic (exact) mass is 240 g/mol.